The van der Waals surface area contributed by atoms with Gasteiger partial charge in [0, 0.05) is 12.6 Å². The second-order valence-corrected chi connectivity index (χ2v) is 5.66. The molecule has 0 bridgehead atoms. The van der Waals surface area contributed by atoms with Crippen molar-refractivity contribution in [3.05, 3.63) is 36.2 Å². The van der Waals surface area contributed by atoms with Crippen molar-refractivity contribution < 1.29 is 9.47 Å². The molecule has 5 nitrogen and oxygen atoms in total. The molecule has 1 heterocycles. The summed E-state index contributed by atoms with van der Waals surface area (Å²) in [6.07, 6.45) is 1.45. The number of benzene rings is 1. The second kappa shape index (κ2) is 5.99. The summed E-state index contributed by atoms with van der Waals surface area (Å²) in [4.78, 5) is 8.29. The maximum absolute atomic E-state index is 5.98. The number of para-hydroxylation sites is 1. The van der Waals surface area contributed by atoms with E-state index < -0.39 is 0 Å². The van der Waals surface area contributed by atoms with E-state index in [0.717, 1.165) is 11.3 Å². The van der Waals surface area contributed by atoms with Gasteiger partial charge in [-0.1, -0.05) is 39.0 Å². The van der Waals surface area contributed by atoms with Gasteiger partial charge in [-0.2, -0.15) is 4.98 Å². The van der Waals surface area contributed by atoms with E-state index in [2.05, 4.69) is 42.1 Å². The fourth-order valence-corrected chi connectivity index (χ4v) is 2.07. The third-order valence-electron chi connectivity index (χ3n) is 3.11. The number of anilines is 1. The van der Waals surface area contributed by atoms with E-state index in [1.807, 2.05) is 18.2 Å². The van der Waals surface area contributed by atoms with Gasteiger partial charge in [0.1, 0.15) is 12.1 Å². The van der Waals surface area contributed by atoms with Gasteiger partial charge in [-0.25, -0.2) is 4.98 Å². The molecule has 0 atom stereocenters. The third-order valence-corrected chi connectivity index (χ3v) is 3.11. The predicted molar refractivity (Wildman–Crippen MR) is 83.3 cm³/mol. The van der Waals surface area contributed by atoms with Crippen molar-refractivity contribution in [2.24, 2.45) is 0 Å². The normalized spacial score (nSPS) is 11.1. The van der Waals surface area contributed by atoms with Crippen LogP contribution in [0.15, 0.2) is 30.6 Å². The highest BCUT2D eigenvalue weighted by Crippen LogP contribution is 2.38. The Morgan fingerprint density at radius 1 is 1.10 bits per heavy atom. The highest BCUT2D eigenvalue weighted by molar-refractivity contribution is 5.56. The molecule has 0 saturated carbocycles. The van der Waals surface area contributed by atoms with Crippen molar-refractivity contribution in [2.75, 3.05) is 19.5 Å². The Bertz CT molecular complexity index is 621. The molecule has 112 valence electrons. The zero-order valence-corrected chi connectivity index (χ0v) is 13.1. The van der Waals surface area contributed by atoms with E-state index in [1.165, 1.54) is 6.33 Å². The second-order valence-electron chi connectivity index (χ2n) is 5.66. The van der Waals surface area contributed by atoms with E-state index in [1.54, 1.807) is 14.2 Å². The van der Waals surface area contributed by atoms with Crippen molar-refractivity contribution in [3.63, 3.8) is 0 Å². The van der Waals surface area contributed by atoms with Crippen LogP contribution in [-0.2, 0) is 5.41 Å². The Labute approximate surface area is 125 Å². The van der Waals surface area contributed by atoms with Gasteiger partial charge in [-0.05, 0) is 11.5 Å². The summed E-state index contributed by atoms with van der Waals surface area (Å²) < 4.78 is 11.3. The molecule has 1 aromatic carbocycles. The van der Waals surface area contributed by atoms with E-state index in [0.29, 0.717) is 17.4 Å². The number of nitrogens with one attached hydrogen (secondary N) is 1. The van der Waals surface area contributed by atoms with Crippen LogP contribution in [0, 0.1) is 0 Å². The number of ether oxygens (including phenoxy) is 2. The fraction of sp³-hybridized carbons (Fsp3) is 0.375. The summed E-state index contributed by atoms with van der Waals surface area (Å²) in [5.41, 5.74) is 1.08. The van der Waals surface area contributed by atoms with E-state index >= 15 is 0 Å². The molecule has 2 rings (SSSR count). The lowest BCUT2D eigenvalue weighted by molar-refractivity contribution is 0.364. The number of rotatable bonds is 4. The predicted octanol–water partition coefficient (Wildman–Crippen LogP) is 3.62. The van der Waals surface area contributed by atoms with Gasteiger partial charge in [-0.3, -0.25) is 0 Å². The number of aromatic nitrogens is 2. The number of methoxy groups -OCH3 is 1. The minimum Gasteiger partial charge on any atom is -0.489 e. The molecule has 0 saturated heterocycles. The van der Waals surface area contributed by atoms with Crippen LogP contribution >= 0.6 is 0 Å². The largest absolute Gasteiger partial charge is 0.489 e. The van der Waals surface area contributed by atoms with Gasteiger partial charge in [0.15, 0.2) is 5.82 Å². The molecule has 0 aliphatic carbocycles. The number of hydrogen-bond acceptors (Lipinski definition) is 5. The summed E-state index contributed by atoms with van der Waals surface area (Å²) in [5.74, 6) is 2.25. The first-order chi connectivity index (χ1) is 9.97. The lowest BCUT2D eigenvalue weighted by Crippen LogP contribution is -2.12. The lowest BCUT2D eigenvalue weighted by Gasteiger charge is -2.22. The quantitative estimate of drug-likeness (QED) is 0.930. The Hall–Kier alpha value is -2.30. The van der Waals surface area contributed by atoms with Crippen molar-refractivity contribution in [2.45, 2.75) is 26.2 Å². The first-order valence-corrected chi connectivity index (χ1v) is 6.81. The highest BCUT2D eigenvalue weighted by atomic mass is 16.5. The zero-order valence-electron chi connectivity index (χ0n) is 13.1. The summed E-state index contributed by atoms with van der Waals surface area (Å²) in [6.45, 7) is 6.43. The topological polar surface area (TPSA) is 56.3 Å². The lowest BCUT2D eigenvalue weighted by atomic mass is 9.86. The Kier molecular flexibility index (Phi) is 4.31. The van der Waals surface area contributed by atoms with Crippen LogP contribution < -0.4 is 14.8 Å². The molecule has 1 N–H and O–H groups in total. The highest BCUT2D eigenvalue weighted by Gasteiger charge is 2.21. The van der Waals surface area contributed by atoms with Gasteiger partial charge in [-0.15, -0.1) is 0 Å². The van der Waals surface area contributed by atoms with Crippen LogP contribution in [-0.4, -0.2) is 24.1 Å². The summed E-state index contributed by atoms with van der Waals surface area (Å²) in [6, 6.07) is 7.93. The average molecular weight is 287 g/mol. The van der Waals surface area contributed by atoms with Gasteiger partial charge in [0.2, 0.25) is 5.75 Å². The maximum atomic E-state index is 5.98. The monoisotopic (exact) mass is 287 g/mol. The van der Waals surface area contributed by atoms with Gasteiger partial charge >= 0.3 is 0 Å². The van der Waals surface area contributed by atoms with Crippen molar-refractivity contribution in [1.82, 2.24) is 9.97 Å². The molecule has 2 aromatic rings. The third kappa shape index (κ3) is 3.24. The summed E-state index contributed by atoms with van der Waals surface area (Å²) >= 11 is 0. The van der Waals surface area contributed by atoms with Crippen LogP contribution in [0.2, 0.25) is 0 Å². The molecule has 0 unspecified atom stereocenters. The molecule has 0 spiro atoms. The van der Waals surface area contributed by atoms with Crippen LogP contribution in [0.4, 0.5) is 5.82 Å². The van der Waals surface area contributed by atoms with Crippen LogP contribution in [0.25, 0.3) is 0 Å². The number of hydrogen-bond donors (Lipinski definition) is 1. The first-order valence-electron chi connectivity index (χ1n) is 6.81. The summed E-state index contributed by atoms with van der Waals surface area (Å²) in [7, 11) is 3.35. The molecule has 0 radical (unpaired) electrons. The molecule has 0 aliphatic heterocycles. The Balaban J connectivity index is 2.44. The number of nitrogens with zero attached hydrogens (tertiary/aromatic N) is 2. The minimum absolute atomic E-state index is 0.0251. The van der Waals surface area contributed by atoms with E-state index in [9.17, 15) is 0 Å². The zero-order chi connectivity index (χ0) is 15.5. The van der Waals surface area contributed by atoms with Gasteiger partial charge in [0.25, 0.3) is 5.88 Å². The minimum atomic E-state index is -0.0251. The molecule has 0 amide bonds. The van der Waals surface area contributed by atoms with E-state index in [-0.39, 0.29) is 5.41 Å². The molecular weight excluding hydrogens is 266 g/mol. The maximum Gasteiger partial charge on any atom is 0.268 e. The summed E-state index contributed by atoms with van der Waals surface area (Å²) in [5, 5.41) is 2.96. The van der Waals surface area contributed by atoms with Gasteiger partial charge in [0.05, 0.1) is 7.11 Å². The molecule has 5 heteroatoms. The molecule has 21 heavy (non-hydrogen) atoms. The molecule has 0 aliphatic rings. The van der Waals surface area contributed by atoms with Crippen LogP contribution in [0.3, 0.4) is 0 Å². The first kappa shape index (κ1) is 15.1. The Morgan fingerprint density at radius 3 is 2.43 bits per heavy atom. The van der Waals surface area contributed by atoms with Crippen LogP contribution in [0.1, 0.15) is 26.3 Å². The van der Waals surface area contributed by atoms with Crippen molar-refractivity contribution in [3.8, 4) is 17.4 Å². The van der Waals surface area contributed by atoms with Gasteiger partial charge < -0.3 is 14.8 Å². The molecule has 1 aromatic heterocycles. The Morgan fingerprint density at radius 2 is 1.81 bits per heavy atom. The molecule has 0 fully saturated rings. The molecular formula is C16H21N3O2. The fourth-order valence-electron chi connectivity index (χ4n) is 2.07. The van der Waals surface area contributed by atoms with Crippen molar-refractivity contribution in [1.29, 1.82) is 0 Å². The van der Waals surface area contributed by atoms with E-state index in [4.69, 9.17) is 9.47 Å². The SMILES string of the molecule is CNc1ncnc(Oc2ccccc2C(C)(C)C)c1OC. The smallest absolute Gasteiger partial charge is 0.268 e. The average Bonchev–Trinajstić information content (AvgIpc) is 2.46. The van der Waals surface area contributed by atoms with Crippen molar-refractivity contribution >= 4 is 5.82 Å². The van der Waals surface area contributed by atoms with Crippen LogP contribution in [0.5, 0.6) is 17.4 Å². The standard InChI is InChI=1S/C16H21N3O2/c1-16(2,3)11-8-6-7-9-12(11)21-15-13(20-5)14(17-4)18-10-19-15/h6-10H,1-5H3,(H,17,18,19).